The van der Waals surface area contributed by atoms with Gasteiger partial charge >= 0.3 is 0 Å². The van der Waals surface area contributed by atoms with Crippen LogP contribution in [0, 0.1) is 5.82 Å². The summed E-state index contributed by atoms with van der Waals surface area (Å²) in [6.07, 6.45) is 0. The number of aromatic amines is 1. The predicted molar refractivity (Wildman–Crippen MR) is 66.9 cm³/mol. The molecule has 92 valence electrons. The zero-order chi connectivity index (χ0) is 13.1. The molecule has 0 atom stereocenters. The Labute approximate surface area is 109 Å². The largest absolute Gasteiger partial charge is 0.321 e. The second-order valence-corrected chi connectivity index (χ2v) is 4.24. The number of nitrogens with zero attached hydrogens (tertiary/aromatic N) is 1. The van der Waals surface area contributed by atoms with Gasteiger partial charge < -0.3 is 5.32 Å². The van der Waals surface area contributed by atoms with Crippen molar-refractivity contribution in [2.45, 2.75) is 0 Å². The molecule has 0 saturated heterocycles. The van der Waals surface area contributed by atoms with Crippen LogP contribution in [-0.2, 0) is 0 Å². The molecule has 2 aromatic rings. The van der Waals surface area contributed by atoms with Gasteiger partial charge in [-0.3, -0.25) is 9.59 Å². The van der Waals surface area contributed by atoms with Gasteiger partial charge in [-0.05, 0) is 40.2 Å². The van der Waals surface area contributed by atoms with E-state index in [-0.39, 0.29) is 10.2 Å². The molecule has 5 nitrogen and oxygen atoms in total. The van der Waals surface area contributed by atoms with Gasteiger partial charge in [0.1, 0.15) is 11.5 Å². The number of anilines is 1. The molecule has 18 heavy (non-hydrogen) atoms. The molecular weight excluding hydrogens is 305 g/mol. The SMILES string of the molecule is O=C(Nc1ccc(F)c(Br)c1)c1ccc(=O)[nH]n1. The van der Waals surface area contributed by atoms with Gasteiger partial charge in [0.15, 0.2) is 0 Å². The molecule has 0 spiro atoms. The maximum absolute atomic E-state index is 13.0. The number of aromatic nitrogens is 2. The Morgan fingerprint density at radius 2 is 2.11 bits per heavy atom. The number of benzene rings is 1. The van der Waals surface area contributed by atoms with Gasteiger partial charge in [0.05, 0.1) is 4.47 Å². The van der Waals surface area contributed by atoms with Gasteiger partial charge in [-0.1, -0.05) is 0 Å². The minimum Gasteiger partial charge on any atom is -0.321 e. The Bertz CT molecular complexity index is 636. The van der Waals surface area contributed by atoms with Crippen LogP contribution >= 0.6 is 15.9 Å². The number of carbonyl (C=O) groups is 1. The van der Waals surface area contributed by atoms with Gasteiger partial charge in [0.25, 0.3) is 11.5 Å². The highest BCUT2D eigenvalue weighted by atomic mass is 79.9. The Morgan fingerprint density at radius 3 is 2.72 bits per heavy atom. The summed E-state index contributed by atoms with van der Waals surface area (Å²) in [4.78, 5) is 22.5. The van der Waals surface area contributed by atoms with Crippen molar-refractivity contribution in [2.24, 2.45) is 0 Å². The van der Waals surface area contributed by atoms with E-state index in [1.54, 1.807) is 0 Å². The van der Waals surface area contributed by atoms with Crippen LogP contribution in [0.2, 0.25) is 0 Å². The molecule has 2 N–H and O–H groups in total. The fraction of sp³-hybridized carbons (Fsp3) is 0. The number of H-pyrrole nitrogens is 1. The monoisotopic (exact) mass is 311 g/mol. The third-order valence-corrected chi connectivity index (χ3v) is 2.70. The van der Waals surface area contributed by atoms with Crippen molar-refractivity contribution < 1.29 is 9.18 Å². The molecule has 0 saturated carbocycles. The number of halogens is 2. The summed E-state index contributed by atoms with van der Waals surface area (Å²) in [6.45, 7) is 0. The summed E-state index contributed by atoms with van der Waals surface area (Å²) in [5.74, 6) is -0.917. The van der Waals surface area contributed by atoms with E-state index < -0.39 is 17.3 Å². The first-order valence-corrected chi connectivity index (χ1v) is 5.68. The van der Waals surface area contributed by atoms with Crippen LogP contribution in [0.5, 0.6) is 0 Å². The van der Waals surface area contributed by atoms with E-state index in [0.29, 0.717) is 5.69 Å². The van der Waals surface area contributed by atoms with Crippen molar-refractivity contribution in [3.8, 4) is 0 Å². The Morgan fingerprint density at radius 1 is 1.33 bits per heavy atom. The molecule has 1 heterocycles. The molecule has 7 heteroatoms. The highest BCUT2D eigenvalue weighted by molar-refractivity contribution is 9.10. The van der Waals surface area contributed by atoms with Crippen LogP contribution in [0.1, 0.15) is 10.5 Å². The van der Waals surface area contributed by atoms with Gasteiger partial charge in [0.2, 0.25) is 0 Å². The number of nitrogens with one attached hydrogen (secondary N) is 2. The van der Waals surface area contributed by atoms with E-state index >= 15 is 0 Å². The standard InChI is InChI=1S/C11H7BrFN3O2/c12-7-5-6(1-2-8(7)13)14-11(18)9-3-4-10(17)16-15-9/h1-5H,(H,14,18)(H,16,17). The minimum atomic E-state index is -0.496. The molecule has 0 aliphatic carbocycles. The molecule has 0 radical (unpaired) electrons. The first-order chi connectivity index (χ1) is 8.56. The summed E-state index contributed by atoms with van der Waals surface area (Å²) >= 11 is 3.01. The molecule has 0 bridgehead atoms. The van der Waals surface area contributed by atoms with Gasteiger partial charge in [0, 0.05) is 11.8 Å². The maximum Gasteiger partial charge on any atom is 0.276 e. The van der Waals surface area contributed by atoms with Crippen molar-refractivity contribution in [2.75, 3.05) is 5.32 Å². The third-order valence-electron chi connectivity index (χ3n) is 2.09. The lowest BCUT2D eigenvalue weighted by molar-refractivity contribution is 0.102. The van der Waals surface area contributed by atoms with Crippen LogP contribution in [0.15, 0.2) is 39.6 Å². The van der Waals surface area contributed by atoms with Crippen LogP contribution < -0.4 is 10.9 Å². The summed E-state index contributed by atoms with van der Waals surface area (Å²) in [5.41, 5.74) is 0.0902. The lowest BCUT2D eigenvalue weighted by Gasteiger charge is -2.04. The highest BCUT2D eigenvalue weighted by Gasteiger charge is 2.08. The van der Waals surface area contributed by atoms with Crippen molar-refractivity contribution in [3.05, 3.63) is 56.7 Å². The fourth-order valence-corrected chi connectivity index (χ4v) is 1.62. The van der Waals surface area contributed by atoms with Crippen molar-refractivity contribution >= 4 is 27.5 Å². The smallest absolute Gasteiger partial charge is 0.276 e. The Balaban J connectivity index is 2.18. The fourth-order valence-electron chi connectivity index (χ4n) is 1.24. The number of hydrogen-bond donors (Lipinski definition) is 2. The van der Waals surface area contributed by atoms with Crippen molar-refractivity contribution in [3.63, 3.8) is 0 Å². The van der Waals surface area contributed by atoms with E-state index in [4.69, 9.17) is 0 Å². The first-order valence-electron chi connectivity index (χ1n) is 4.88. The van der Waals surface area contributed by atoms with Crippen LogP contribution in [0.4, 0.5) is 10.1 Å². The summed E-state index contributed by atoms with van der Waals surface area (Å²) in [7, 11) is 0. The molecule has 1 aromatic carbocycles. The maximum atomic E-state index is 13.0. The summed E-state index contributed by atoms with van der Waals surface area (Å²) < 4.78 is 13.2. The topological polar surface area (TPSA) is 74.8 Å². The first kappa shape index (κ1) is 12.4. The zero-order valence-corrected chi connectivity index (χ0v) is 10.5. The van der Waals surface area contributed by atoms with E-state index in [9.17, 15) is 14.0 Å². The zero-order valence-electron chi connectivity index (χ0n) is 8.91. The molecule has 0 aliphatic heterocycles. The van der Waals surface area contributed by atoms with E-state index in [1.807, 2.05) is 0 Å². The third kappa shape index (κ3) is 2.80. The molecular formula is C11H7BrFN3O2. The quantitative estimate of drug-likeness (QED) is 0.890. The van der Waals surface area contributed by atoms with E-state index in [1.165, 1.54) is 30.3 Å². The second-order valence-electron chi connectivity index (χ2n) is 3.39. The predicted octanol–water partition coefficient (Wildman–Crippen LogP) is 1.92. The van der Waals surface area contributed by atoms with Crippen LogP contribution in [0.25, 0.3) is 0 Å². The van der Waals surface area contributed by atoms with Gasteiger partial charge in [-0.25, -0.2) is 9.49 Å². The lowest BCUT2D eigenvalue weighted by Crippen LogP contribution is -2.17. The molecule has 0 unspecified atom stereocenters. The minimum absolute atomic E-state index is 0.0649. The van der Waals surface area contributed by atoms with Crippen LogP contribution in [0.3, 0.4) is 0 Å². The van der Waals surface area contributed by atoms with Crippen molar-refractivity contribution in [1.29, 1.82) is 0 Å². The van der Waals surface area contributed by atoms with Crippen LogP contribution in [-0.4, -0.2) is 16.1 Å². The highest BCUT2D eigenvalue weighted by Crippen LogP contribution is 2.20. The number of rotatable bonds is 2. The molecule has 0 fully saturated rings. The molecule has 0 aliphatic rings. The normalized spacial score (nSPS) is 10.1. The number of amides is 1. The molecule has 1 amide bonds. The van der Waals surface area contributed by atoms with E-state index in [0.717, 1.165) is 0 Å². The Kier molecular flexibility index (Phi) is 3.52. The van der Waals surface area contributed by atoms with Gasteiger partial charge in [-0.15, -0.1) is 0 Å². The average Bonchev–Trinajstić information content (AvgIpc) is 2.34. The lowest BCUT2D eigenvalue weighted by atomic mass is 10.3. The van der Waals surface area contributed by atoms with Gasteiger partial charge in [-0.2, -0.15) is 5.10 Å². The summed E-state index contributed by atoms with van der Waals surface area (Å²) in [6, 6.07) is 6.57. The number of hydrogen-bond acceptors (Lipinski definition) is 3. The summed E-state index contributed by atoms with van der Waals surface area (Å²) in [5, 5.41) is 8.26. The van der Waals surface area contributed by atoms with E-state index in [2.05, 4.69) is 31.4 Å². The average molecular weight is 312 g/mol. The Hall–Kier alpha value is -2.02. The number of carbonyl (C=O) groups excluding carboxylic acids is 1. The molecule has 1 aromatic heterocycles. The molecule has 2 rings (SSSR count). The second kappa shape index (κ2) is 5.09. The van der Waals surface area contributed by atoms with Crippen molar-refractivity contribution in [1.82, 2.24) is 10.2 Å².